The van der Waals surface area contributed by atoms with Crippen LogP contribution in [0.3, 0.4) is 0 Å². The summed E-state index contributed by atoms with van der Waals surface area (Å²) < 4.78 is 5.99. The Kier molecular flexibility index (Phi) is 8.63. The fourth-order valence-electron chi connectivity index (χ4n) is 2.91. The summed E-state index contributed by atoms with van der Waals surface area (Å²) in [6.07, 6.45) is 6.53. The van der Waals surface area contributed by atoms with Crippen molar-refractivity contribution in [1.82, 2.24) is 15.6 Å². The number of unbranched alkanes of at least 4 members (excludes halogenated alkanes) is 1. The largest absolute Gasteiger partial charge is 0.493 e. The van der Waals surface area contributed by atoms with Crippen molar-refractivity contribution in [2.24, 2.45) is 10.9 Å². The van der Waals surface area contributed by atoms with Crippen LogP contribution in [0.25, 0.3) is 0 Å². The highest BCUT2D eigenvalue weighted by atomic mass is 16.5. The van der Waals surface area contributed by atoms with E-state index in [1.54, 1.807) is 6.20 Å². The average Bonchev–Trinajstić information content (AvgIpc) is 3.59. The van der Waals surface area contributed by atoms with Crippen molar-refractivity contribution in [1.29, 1.82) is 0 Å². The molecule has 0 aliphatic heterocycles. The van der Waals surface area contributed by atoms with Crippen LogP contribution in [0.2, 0.25) is 0 Å². The molecule has 1 fully saturated rings. The monoisotopic (exact) mass is 395 g/mol. The number of guanidine groups is 1. The maximum Gasteiger partial charge on any atom is 0.191 e. The highest BCUT2D eigenvalue weighted by molar-refractivity contribution is 5.79. The van der Waals surface area contributed by atoms with Crippen molar-refractivity contribution in [2.75, 3.05) is 31.6 Å². The first-order valence-corrected chi connectivity index (χ1v) is 10.7. The lowest BCUT2D eigenvalue weighted by atomic mass is 10.2. The summed E-state index contributed by atoms with van der Waals surface area (Å²) in [7, 11) is 0. The van der Waals surface area contributed by atoms with Gasteiger partial charge in [0, 0.05) is 31.4 Å². The minimum absolute atomic E-state index is 0.609. The Bertz CT molecular complexity index is 746. The Hall–Kier alpha value is -2.76. The highest BCUT2D eigenvalue weighted by Crippen LogP contribution is 2.30. The van der Waals surface area contributed by atoms with Gasteiger partial charge in [-0.3, -0.25) is 0 Å². The molecule has 0 saturated heterocycles. The summed E-state index contributed by atoms with van der Waals surface area (Å²) in [5, 5.41) is 10.1. The van der Waals surface area contributed by atoms with Crippen molar-refractivity contribution >= 4 is 11.8 Å². The number of rotatable bonds is 12. The maximum absolute atomic E-state index is 5.99. The Morgan fingerprint density at radius 2 is 1.90 bits per heavy atom. The van der Waals surface area contributed by atoms with Crippen LogP contribution in [0.1, 0.15) is 38.2 Å². The summed E-state index contributed by atoms with van der Waals surface area (Å²) in [4.78, 5) is 9.01. The number of benzene rings is 1. The summed E-state index contributed by atoms with van der Waals surface area (Å²) >= 11 is 0. The van der Waals surface area contributed by atoms with Gasteiger partial charge in [-0.1, -0.05) is 24.3 Å². The predicted molar refractivity (Wildman–Crippen MR) is 119 cm³/mol. The van der Waals surface area contributed by atoms with Gasteiger partial charge in [0.15, 0.2) is 5.96 Å². The van der Waals surface area contributed by atoms with Gasteiger partial charge in [-0.15, -0.1) is 0 Å². The molecule has 6 nitrogen and oxygen atoms in total. The number of hydrogen-bond acceptors (Lipinski definition) is 4. The van der Waals surface area contributed by atoms with Gasteiger partial charge in [0.25, 0.3) is 0 Å². The topological polar surface area (TPSA) is 70.6 Å². The third kappa shape index (κ3) is 8.02. The van der Waals surface area contributed by atoms with Gasteiger partial charge in [-0.25, -0.2) is 9.98 Å². The van der Waals surface area contributed by atoms with E-state index in [4.69, 9.17) is 9.73 Å². The molecule has 0 bridgehead atoms. The number of ether oxygens (including phenoxy) is 1. The molecular weight excluding hydrogens is 362 g/mol. The van der Waals surface area contributed by atoms with E-state index in [1.807, 2.05) is 36.4 Å². The van der Waals surface area contributed by atoms with Crippen molar-refractivity contribution in [2.45, 2.75) is 39.2 Å². The highest BCUT2D eigenvalue weighted by Gasteiger charge is 2.22. The van der Waals surface area contributed by atoms with Gasteiger partial charge in [0.2, 0.25) is 0 Å². The zero-order chi connectivity index (χ0) is 20.2. The molecule has 6 heteroatoms. The molecule has 1 aliphatic rings. The molecule has 2 aromatic rings. The second-order valence-electron chi connectivity index (χ2n) is 7.33. The first kappa shape index (κ1) is 21.0. The van der Waals surface area contributed by atoms with Gasteiger partial charge in [-0.2, -0.15) is 0 Å². The third-order valence-corrected chi connectivity index (χ3v) is 4.76. The second kappa shape index (κ2) is 11.9. The van der Waals surface area contributed by atoms with Crippen molar-refractivity contribution < 1.29 is 4.74 Å². The molecule has 1 aromatic heterocycles. The maximum atomic E-state index is 5.99. The van der Waals surface area contributed by atoms with Crippen LogP contribution in [-0.4, -0.2) is 37.2 Å². The summed E-state index contributed by atoms with van der Waals surface area (Å²) in [6.45, 7) is 6.16. The lowest BCUT2D eigenvalue weighted by Gasteiger charge is -2.13. The molecule has 1 heterocycles. The van der Waals surface area contributed by atoms with Crippen LogP contribution in [0.15, 0.2) is 53.7 Å². The predicted octanol–water partition coefficient (Wildman–Crippen LogP) is 3.82. The summed E-state index contributed by atoms with van der Waals surface area (Å²) in [5.74, 6) is 3.48. The van der Waals surface area contributed by atoms with E-state index in [-0.39, 0.29) is 0 Å². The van der Waals surface area contributed by atoms with Gasteiger partial charge < -0.3 is 20.7 Å². The standard InChI is InChI=1S/C23H33N5O/c1-2-24-23(27-16-8-7-15-26-22-11-5-6-14-25-22)28-17-20-9-3-4-10-21(20)29-18-19-12-13-19/h3-6,9-11,14,19H,2,7-8,12-13,15-18H2,1H3,(H,25,26)(H2,24,27,28). The van der Waals surface area contributed by atoms with Crippen LogP contribution < -0.4 is 20.7 Å². The van der Waals surface area contributed by atoms with Crippen molar-refractivity contribution in [3.8, 4) is 5.75 Å². The number of para-hydroxylation sites is 1. The van der Waals surface area contributed by atoms with Gasteiger partial charge >= 0.3 is 0 Å². The molecule has 0 unspecified atom stereocenters. The molecule has 3 N–H and O–H groups in total. The zero-order valence-corrected chi connectivity index (χ0v) is 17.4. The molecule has 1 aliphatic carbocycles. The summed E-state index contributed by atoms with van der Waals surface area (Å²) in [6, 6.07) is 14.1. The van der Waals surface area contributed by atoms with Gasteiger partial charge in [0.1, 0.15) is 11.6 Å². The Labute approximate surface area is 174 Å². The Morgan fingerprint density at radius 3 is 2.69 bits per heavy atom. The molecule has 0 spiro atoms. The van der Waals surface area contributed by atoms with E-state index < -0.39 is 0 Å². The van der Waals surface area contributed by atoms with Crippen LogP contribution >= 0.6 is 0 Å². The van der Waals surface area contributed by atoms with Crippen LogP contribution in [0.4, 0.5) is 5.82 Å². The Balaban J connectivity index is 1.40. The molecule has 1 aromatic carbocycles. The first-order chi connectivity index (χ1) is 14.3. The van der Waals surface area contributed by atoms with Crippen molar-refractivity contribution in [3.63, 3.8) is 0 Å². The molecule has 0 amide bonds. The number of nitrogens with one attached hydrogen (secondary N) is 3. The molecular formula is C23H33N5O. The SMILES string of the molecule is CCNC(=NCc1ccccc1OCC1CC1)NCCCCNc1ccccn1. The molecule has 1 saturated carbocycles. The van der Waals surface area contributed by atoms with E-state index >= 15 is 0 Å². The molecule has 0 radical (unpaired) electrons. The number of pyridine rings is 1. The van der Waals surface area contributed by atoms with Crippen LogP contribution in [0.5, 0.6) is 5.75 Å². The fraction of sp³-hybridized carbons (Fsp3) is 0.478. The van der Waals surface area contributed by atoms with Gasteiger partial charge in [0.05, 0.1) is 13.2 Å². The molecule has 156 valence electrons. The van der Waals surface area contributed by atoms with Gasteiger partial charge in [-0.05, 0) is 56.7 Å². The molecule has 0 atom stereocenters. The van der Waals surface area contributed by atoms with Crippen LogP contribution in [0, 0.1) is 5.92 Å². The second-order valence-corrected chi connectivity index (χ2v) is 7.33. The number of aliphatic imine (C=N–C) groups is 1. The Morgan fingerprint density at radius 1 is 1.07 bits per heavy atom. The van der Waals surface area contributed by atoms with E-state index in [2.05, 4.69) is 33.9 Å². The lowest BCUT2D eigenvalue weighted by Crippen LogP contribution is -2.37. The number of hydrogen-bond donors (Lipinski definition) is 3. The fourth-order valence-corrected chi connectivity index (χ4v) is 2.91. The van der Waals surface area contributed by atoms with E-state index in [1.165, 1.54) is 12.8 Å². The lowest BCUT2D eigenvalue weighted by molar-refractivity contribution is 0.297. The smallest absolute Gasteiger partial charge is 0.191 e. The van der Waals surface area contributed by atoms with E-state index in [9.17, 15) is 0 Å². The summed E-state index contributed by atoms with van der Waals surface area (Å²) in [5.41, 5.74) is 1.13. The van der Waals surface area contributed by atoms with E-state index in [0.29, 0.717) is 6.54 Å². The minimum atomic E-state index is 0.609. The minimum Gasteiger partial charge on any atom is -0.493 e. The van der Waals surface area contributed by atoms with Crippen molar-refractivity contribution in [3.05, 3.63) is 54.2 Å². The molecule has 3 rings (SSSR count). The third-order valence-electron chi connectivity index (χ3n) is 4.76. The quantitative estimate of drug-likeness (QED) is 0.290. The van der Waals surface area contributed by atoms with Crippen LogP contribution in [-0.2, 0) is 6.54 Å². The normalized spacial score (nSPS) is 13.8. The van der Waals surface area contributed by atoms with E-state index in [0.717, 1.165) is 68.1 Å². The zero-order valence-electron chi connectivity index (χ0n) is 17.4. The average molecular weight is 396 g/mol. The molecule has 29 heavy (non-hydrogen) atoms. The first-order valence-electron chi connectivity index (χ1n) is 10.7. The number of anilines is 1. The number of aromatic nitrogens is 1. The number of nitrogens with zero attached hydrogens (tertiary/aromatic N) is 2.